The number of rotatable bonds is 66. The van der Waals surface area contributed by atoms with Gasteiger partial charge in [-0.2, -0.15) is 0 Å². The highest BCUT2D eigenvalue weighted by Gasteiger charge is 2.19. The maximum absolute atomic E-state index is 12.9. The molecular formula is C71H136O6. The molecule has 0 N–H and O–H groups in total. The van der Waals surface area contributed by atoms with Gasteiger partial charge in [0.15, 0.2) is 6.10 Å². The Morgan fingerprint density at radius 1 is 0.247 bits per heavy atom. The van der Waals surface area contributed by atoms with Crippen LogP contribution in [0.15, 0.2) is 12.2 Å². The number of esters is 3. The van der Waals surface area contributed by atoms with Gasteiger partial charge in [0.1, 0.15) is 13.2 Å². The van der Waals surface area contributed by atoms with Crippen molar-refractivity contribution in [2.24, 2.45) is 0 Å². The van der Waals surface area contributed by atoms with Crippen molar-refractivity contribution in [3.63, 3.8) is 0 Å². The third-order valence-electron chi connectivity index (χ3n) is 16.3. The largest absolute Gasteiger partial charge is 0.462 e. The van der Waals surface area contributed by atoms with Crippen molar-refractivity contribution in [1.29, 1.82) is 0 Å². The van der Waals surface area contributed by atoms with Gasteiger partial charge < -0.3 is 14.2 Å². The average molecular weight is 1090 g/mol. The second-order valence-corrected chi connectivity index (χ2v) is 24.2. The van der Waals surface area contributed by atoms with Gasteiger partial charge in [0.2, 0.25) is 0 Å². The van der Waals surface area contributed by atoms with E-state index in [0.717, 1.165) is 64.2 Å². The van der Waals surface area contributed by atoms with Crippen LogP contribution in [0.2, 0.25) is 0 Å². The second kappa shape index (κ2) is 66.7. The van der Waals surface area contributed by atoms with Crippen LogP contribution in [0.4, 0.5) is 0 Å². The van der Waals surface area contributed by atoms with Crippen LogP contribution in [-0.4, -0.2) is 37.2 Å². The Morgan fingerprint density at radius 3 is 0.662 bits per heavy atom. The van der Waals surface area contributed by atoms with E-state index in [9.17, 15) is 14.4 Å². The van der Waals surface area contributed by atoms with E-state index in [4.69, 9.17) is 14.2 Å². The number of carbonyl (C=O) groups is 3. The maximum atomic E-state index is 12.9. The van der Waals surface area contributed by atoms with Crippen LogP contribution in [-0.2, 0) is 28.6 Å². The van der Waals surface area contributed by atoms with E-state index in [1.807, 2.05) is 0 Å². The molecule has 0 fully saturated rings. The molecule has 0 aromatic carbocycles. The molecule has 77 heavy (non-hydrogen) atoms. The molecule has 0 amide bonds. The van der Waals surface area contributed by atoms with Crippen molar-refractivity contribution in [2.75, 3.05) is 13.2 Å². The summed E-state index contributed by atoms with van der Waals surface area (Å²) >= 11 is 0. The molecule has 0 aromatic rings. The summed E-state index contributed by atoms with van der Waals surface area (Å²) in [7, 11) is 0. The first-order valence-corrected chi connectivity index (χ1v) is 35.2. The van der Waals surface area contributed by atoms with Gasteiger partial charge in [-0.05, 0) is 44.9 Å². The molecule has 456 valence electrons. The third kappa shape index (κ3) is 64.9. The van der Waals surface area contributed by atoms with Crippen molar-refractivity contribution in [3.05, 3.63) is 12.2 Å². The first kappa shape index (κ1) is 75.2. The number of allylic oxidation sites excluding steroid dienone is 2. The summed E-state index contributed by atoms with van der Waals surface area (Å²) in [5.74, 6) is -0.840. The Balaban J connectivity index is 4.20. The Labute approximate surface area is 481 Å². The summed E-state index contributed by atoms with van der Waals surface area (Å²) in [5.41, 5.74) is 0. The van der Waals surface area contributed by atoms with Crippen molar-refractivity contribution in [3.8, 4) is 0 Å². The summed E-state index contributed by atoms with van der Waals surface area (Å²) in [4.78, 5) is 38.4. The predicted octanol–water partition coefficient (Wildman–Crippen LogP) is 24.0. The zero-order valence-electron chi connectivity index (χ0n) is 52.5. The third-order valence-corrected chi connectivity index (χ3v) is 16.3. The SMILES string of the molecule is CCCCCC/C=C\CCCCCCCC(=O)OCC(COC(=O)CCCCCCCCCCCCCCCCCCCCCCCCCCC)OC(=O)CCCCCCCCCCCCCCCCCCCCCCC. The lowest BCUT2D eigenvalue weighted by molar-refractivity contribution is -0.167. The van der Waals surface area contributed by atoms with Crippen molar-refractivity contribution in [1.82, 2.24) is 0 Å². The summed E-state index contributed by atoms with van der Waals surface area (Å²) in [5, 5.41) is 0. The first-order valence-electron chi connectivity index (χ1n) is 35.2. The van der Waals surface area contributed by atoms with Crippen LogP contribution >= 0.6 is 0 Å². The van der Waals surface area contributed by atoms with Crippen LogP contribution in [0.25, 0.3) is 0 Å². The molecule has 0 radical (unpaired) electrons. The standard InChI is InChI=1S/C71H136O6/c1-4-7-10-13-16-19-22-25-27-29-31-33-34-35-36-38-39-41-43-46-49-52-55-58-61-64-70(73)76-67-68(66-75-69(72)63-60-57-54-51-48-45-24-21-18-15-12-9-6-3)77-71(74)65-62-59-56-53-50-47-44-42-40-37-32-30-28-26-23-20-17-14-11-8-5-2/h21,24,68H,4-20,22-23,25-67H2,1-3H3/b24-21-. The molecule has 0 spiro atoms. The zero-order chi connectivity index (χ0) is 55.7. The Hall–Kier alpha value is -1.85. The van der Waals surface area contributed by atoms with E-state index in [-0.39, 0.29) is 31.1 Å². The molecule has 0 saturated carbocycles. The van der Waals surface area contributed by atoms with Crippen LogP contribution in [0.5, 0.6) is 0 Å². The summed E-state index contributed by atoms with van der Waals surface area (Å²) in [6, 6.07) is 0. The molecule has 1 atom stereocenters. The maximum Gasteiger partial charge on any atom is 0.306 e. The number of unbranched alkanes of at least 4 members (excludes halogenated alkanes) is 53. The number of ether oxygens (including phenoxy) is 3. The van der Waals surface area contributed by atoms with Gasteiger partial charge >= 0.3 is 17.9 Å². The molecule has 6 nitrogen and oxygen atoms in total. The Bertz CT molecular complexity index is 1200. The monoisotopic (exact) mass is 1090 g/mol. The molecule has 0 rings (SSSR count). The minimum Gasteiger partial charge on any atom is -0.462 e. The molecule has 0 aliphatic rings. The Morgan fingerprint density at radius 2 is 0.429 bits per heavy atom. The molecule has 6 heteroatoms. The topological polar surface area (TPSA) is 78.9 Å². The van der Waals surface area contributed by atoms with E-state index >= 15 is 0 Å². The normalized spacial score (nSPS) is 12.0. The molecule has 0 bridgehead atoms. The molecule has 0 aliphatic heterocycles. The number of hydrogen-bond donors (Lipinski definition) is 0. The lowest BCUT2D eigenvalue weighted by Gasteiger charge is -2.18. The minimum atomic E-state index is -0.769. The second-order valence-electron chi connectivity index (χ2n) is 24.2. The number of hydrogen-bond acceptors (Lipinski definition) is 6. The Kier molecular flexibility index (Phi) is 65.1. The summed E-state index contributed by atoms with van der Waals surface area (Å²) in [6.07, 6.45) is 79.6. The fourth-order valence-corrected chi connectivity index (χ4v) is 11.0. The van der Waals surface area contributed by atoms with E-state index in [1.165, 1.54) is 302 Å². The highest BCUT2D eigenvalue weighted by Crippen LogP contribution is 2.19. The van der Waals surface area contributed by atoms with Crippen LogP contribution in [0.3, 0.4) is 0 Å². The van der Waals surface area contributed by atoms with Gasteiger partial charge in [-0.15, -0.1) is 0 Å². The molecule has 0 saturated heterocycles. The fourth-order valence-electron chi connectivity index (χ4n) is 11.0. The smallest absolute Gasteiger partial charge is 0.306 e. The van der Waals surface area contributed by atoms with Crippen LogP contribution in [0, 0.1) is 0 Å². The van der Waals surface area contributed by atoms with Crippen molar-refractivity contribution >= 4 is 17.9 Å². The van der Waals surface area contributed by atoms with Gasteiger partial charge in [0, 0.05) is 19.3 Å². The van der Waals surface area contributed by atoms with Crippen LogP contribution in [0.1, 0.15) is 406 Å². The van der Waals surface area contributed by atoms with E-state index in [1.54, 1.807) is 0 Å². The van der Waals surface area contributed by atoms with Gasteiger partial charge in [0.25, 0.3) is 0 Å². The van der Waals surface area contributed by atoms with E-state index in [2.05, 4.69) is 32.9 Å². The molecular weight excluding hydrogens is 949 g/mol. The van der Waals surface area contributed by atoms with Crippen molar-refractivity contribution in [2.45, 2.75) is 412 Å². The molecule has 0 aromatic heterocycles. The lowest BCUT2D eigenvalue weighted by atomic mass is 10.0. The van der Waals surface area contributed by atoms with E-state index < -0.39 is 6.10 Å². The lowest BCUT2D eigenvalue weighted by Crippen LogP contribution is -2.30. The highest BCUT2D eigenvalue weighted by molar-refractivity contribution is 5.71. The van der Waals surface area contributed by atoms with Gasteiger partial charge in [-0.1, -0.05) is 354 Å². The quantitative estimate of drug-likeness (QED) is 0.0261. The molecule has 1 unspecified atom stereocenters. The van der Waals surface area contributed by atoms with Gasteiger partial charge in [-0.3, -0.25) is 14.4 Å². The van der Waals surface area contributed by atoms with Gasteiger partial charge in [-0.25, -0.2) is 0 Å². The zero-order valence-corrected chi connectivity index (χ0v) is 52.5. The summed E-state index contributed by atoms with van der Waals surface area (Å²) < 4.78 is 17.0. The minimum absolute atomic E-state index is 0.0657. The molecule has 0 heterocycles. The van der Waals surface area contributed by atoms with Crippen molar-refractivity contribution < 1.29 is 28.6 Å². The first-order chi connectivity index (χ1) is 38.0. The van der Waals surface area contributed by atoms with Crippen LogP contribution < -0.4 is 0 Å². The average Bonchev–Trinajstić information content (AvgIpc) is 3.43. The predicted molar refractivity (Wildman–Crippen MR) is 335 cm³/mol. The van der Waals surface area contributed by atoms with Gasteiger partial charge in [0.05, 0.1) is 0 Å². The fraction of sp³-hybridized carbons (Fsp3) is 0.930. The van der Waals surface area contributed by atoms with E-state index in [0.29, 0.717) is 19.3 Å². The highest BCUT2D eigenvalue weighted by atomic mass is 16.6. The molecule has 0 aliphatic carbocycles. The number of carbonyl (C=O) groups excluding carboxylic acids is 3. The summed E-state index contributed by atoms with van der Waals surface area (Å²) in [6.45, 7) is 6.71.